The van der Waals surface area contributed by atoms with E-state index in [1.54, 1.807) is 31.4 Å². The fourth-order valence-electron chi connectivity index (χ4n) is 4.55. The minimum absolute atomic E-state index is 0.0879. The van der Waals surface area contributed by atoms with Gasteiger partial charge in [-0.2, -0.15) is 0 Å². The van der Waals surface area contributed by atoms with E-state index in [1.165, 1.54) is 4.57 Å². The van der Waals surface area contributed by atoms with Gasteiger partial charge < -0.3 is 24.2 Å². The molecule has 8 nitrogen and oxygen atoms in total. The molecule has 0 spiro atoms. The van der Waals surface area contributed by atoms with Crippen molar-refractivity contribution in [1.29, 1.82) is 0 Å². The molecule has 1 unspecified atom stereocenters. The lowest BCUT2D eigenvalue weighted by molar-refractivity contribution is -0.908. The van der Waals surface area contributed by atoms with Gasteiger partial charge in [0.25, 0.3) is 5.56 Å². The number of hydrogen-bond donors (Lipinski definition) is 3. The Morgan fingerprint density at radius 2 is 2.03 bits per heavy atom. The average Bonchev–Trinajstić information content (AvgIpc) is 3.23. The Hall–Kier alpha value is -3.01. The van der Waals surface area contributed by atoms with E-state index in [0.29, 0.717) is 28.0 Å². The van der Waals surface area contributed by atoms with Gasteiger partial charge in [0.1, 0.15) is 5.56 Å². The number of methoxy groups -OCH3 is 1. The van der Waals surface area contributed by atoms with Crippen LogP contribution in [-0.2, 0) is 6.42 Å². The third-order valence-corrected chi connectivity index (χ3v) is 6.55. The van der Waals surface area contributed by atoms with Gasteiger partial charge in [0, 0.05) is 11.4 Å². The molecule has 0 radical (unpaired) electrons. The fraction of sp³-hybridized carbons (Fsp3) is 0.273. The molecule has 0 saturated carbocycles. The largest absolute Gasteiger partial charge is 0.494 e. The summed E-state index contributed by atoms with van der Waals surface area (Å²) in [6.45, 7) is 0.852. The molecule has 3 aromatic rings. The zero-order valence-corrected chi connectivity index (χ0v) is 19.0. The summed E-state index contributed by atoms with van der Waals surface area (Å²) in [6.07, 6.45) is 0.764. The maximum absolute atomic E-state index is 13.2. The highest BCUT2D eigenvalue weighted by Gasteiger charge is 2.41. The monoisotopic (exact) mass is 474 g/mol. The minimum atomic E-state index is -0.513. The molecule has 10 heteroatoms. The van der Waals surface area contributed by atoms with E-state index in [9.17, 15) is 9.90 Å². The normalized spacial score (nSPS) is 19.0. The predicted octanol–water partition coefficient (Wildman–Crippen LogP) is 2.15. The van der Waals surface area contributed by atoms with Crippen molar-refractivity contribution in [2.24, 2.45) is 0 Å². The second kappa shape index (κ2) is 7.84. The molecule has 0 aliphatic carbocycles. The van der Waals surface area contributed by atoms with Crippen molar-refractivity contribution >= 4 is 23.8 Å². The van der Waals surface area contributed by atoms with Crippen LogP contribution >= 0.6 is 23.8 Å². The zero-order valence-electron chi connectivity index (χ0n) is 17.4. The van der Waals surface area contributed by atoms with Crippen LogP contribution in [0.15, 0.2) is 35.1 Å². The number of nitrogens with one attached hydrogen (secondary N) is 2. The smallest absolute Gasteiger partial charge is 0.265 e. The lowest BCUT2D eigenvalue weighted by Crippen LogP contribution is -3.10. The average molecular weight is 475 g/mol. The van der Waals surface area contributed by atoms with E-state index in [0.717, 1.165) is 29.0 Å². The number of halogens is 1. The highest BCUT2D eigenvalue weighted by atomic mass is 35.5. The Morgan fingerprint density at radius 1 is 1.28 bits per heavy atom. The maximum Gasteiger partial charge on any atom is 0.265 e. The molecule has 0 amide bonds. The molecule has 2 atom stereocenters. The van der Waals surface area contributed by atoms with Crippen molar-refractivity contribution in [3.63, 3.8) is 0 Å². The van der Waals surface area contributed by atoms with Gasteiger partial charge in [-0.3, -0.25) is 14.3 Å². The Labute approximate surface area is 193 Å². The summed E-state index contributed by atoms with van der Waals surface area (Å²) in [4.78, 5) is 16.9. The molecule has 2 aromatic carbocycles. The molecule has 2 aliphatic rings. The Bertz CT molecular complexity index is 1340. The van der Waals surface area contributed by atoms with Crippen LogP contribution in [0.1, 0.15) is 22.7 Å². The molecule has 2 aliphatic heterocycles. The number of ether oxygens (including phenoxy) is 3. The molecule has 32 heavy (non-hydrogen) atoms. The van der Waals surface area contributed by atoms with Crippen molar-refractivity contribution in [2.75, 3.05) is 27.5 Å². The van der Waals surface area contributed by atoms with Gasteiger partial charge in [0.2, 0.25) is 18.4 Å². The van der Waals surface area contributed by atoms with Gasteiger partial charge in [-0.15, -0.1) is 0 Å². The van der Waals surface area contributed by atoms with Gasteiger partial charge in [0.05, 0.1) is 32.0 Å². The van der Waals surface area contributed by atoms with Gasteiger partial charge in [0.15, 0.2) is 22.3 Å². The van der Waals surface area contributed by atoms with Gasteiger partial charge in [-0.1, -0.05) is 11.6 Å². The van der Waals surface area contributed by atoms with Crippen LogP contribution in [0, 0.1) is 4.77 Å². The summed E-state index contributed by atoms with van der Waals surface area (Å²) in [6, 6.07) is 8.26. The molecule has 0 bridgehead atoms. The number of benzene rings is 2. The molecule has 1 aromatic heterocycles. The summed E-state index contributed by atoms with van der Waals surface area (Å²) >= 11 is 11.4. The zero-order chi connectivity index (χ0) is 22.6. The van der Waals surface area contributed by atoms with E-state index in [2.05, 4.69) is 4.98 Å². The second-order valence-electron chi connectivity index (χ2n) is 7.80. The predicted molar refractivity (Wildman–Crippen MR) is 120 cm³/mol. The lowest BCUT2D eigenvalue weighted by atomic mass is 9.87. The molecule has 3 N–H and O–H groups in total. The number of fused-ring (bicyclic) bond motifs is 2. The highest BCUT2D eigenvalue weighted by Crippen LogP contribution is 2.48. The first-order chi connectivity index (χ1) is 15.4. The first kappa shape index (κ1) is 20.9. The Kier molecular flexibility index (Phi) is 5.11. The summed E-state index contributed by atoms with van der Waals surface area (Å²) in [7, 11) is 3.54. The topological polar surface area (TPSA) is 90.2 Å². The number of rotatable bonds is 3. The molecule has 166 valence electrons. The minimum Gasteiger partial charge on any atom is -0.494 e. The van der Waals surface area contributed by atoms with Gasteiger partial charge in [-0.25, -0.2) is 0 Å². The number of likely N-dealkylation sites (N-methyl/N-ethyl adjacent to an activating group) is 1. The van der Waals surface area contributed by atoms with Crippen LogP contribution in [0.2, 0.25) is 5.02 Å². The number of aromatic hydroxyl groups is 1. The highest BCUT2D eigenvalue weighted by molar-refractivity contribution is 7.71. The van der Waals surface area contributed by atoms with Gasteiger partial charge >= 0.3 is 0 Å². The van der Waals surface area contributed by atoms with Crippen LogP contribution in [0.4, 0.5) is 0 Å². The third kappa shape index (κ3) is 3.16. The van der Waals surface area contributed by atoms with Crippen LogP contribution in [0.25, 0.3) is 5.69 Å². The lowest BCUT2D eigenvalue weighted by Gasteiger charge is -2.33. The number of nitrogens with zero attached hydrogens (tertiary/aromatic N) is 1. The summed E-state index contributed by atoms with van der Waals surface area (Å²) in [5, 5.41) is 11.9. The number of H-pyrrole nitrogens is 1. The van der Waals surface area contributed by atoms with Gasteiger partial charge in [-0.05, 0) is 48.1 Å². The van der Waals surface area contributed by atoms with Crippen molar-refractivity contribution < 1.29 is 24.2 Å². The SMILES string of the molecule is COc1c2c(cc3c1[C@H](c1c(O)n(-c4ccc(Cl)cc4)c(=S)[nH]c1=O)[NH+](C)CC3)OCO2. The first-order valence-corrected chi connectivity index (χ1v) is 10.8. The van der Waals surface area contributed by atoms with Crippen LogP contribution in [-0.4, -0.2) is 42.2 Å². The molecular weight excluding hydrogens is 454 g/mol. The molecule has 0 fully saturated rings. The Balaban J connectivity index is 1.78. The van der Waals surface area contributed by atoms with E-state index in [1.807, 2.05) is 13.1 Å². The van der Waals surface area contributed by atoms with Crippen molar-refractivity contribution in [2.45, 2.75) is 12.5 Å². The van der Waals surface area contributed by atoms with E-state index in [4.69, 9.17) is 38.0 Å². The second-order valence-corrected chi connectivity index (χ2v) is 8.63. The number of quaternary nitrogens is 1. The number of hydrogen-bond acceptors (Lipinski definition) is 6. The van der Waals surface area contributed by atoms with Crippen LogP contribution < -0.4 is 24.7 Å². The van der Waals surface area contributed by atoms with Crippen LogP contribution in [0.3, 0.4) is 0 Å². The molecule has 5 rings (SSSR count). The van der Waals surface area contributed by atoms with E-state index >= 15 is 0 Å². The molecule has 0 saturated heterocycles. The van der Waals surface area contributed by atoms with Crippen molar-refractivity contribution in [3.8, 4) is 28.8 Å². The molecule has 3 heterocycles. The quantitative estimate of drug-likeness (QED) is 0.504. The maximum atomic E-state index is 13.2. The molecular formula is C22H21ClN3O5S+. The van der Waals surface area contributed by atoms with Crippen molar-refractivity contribution in [3.05, 3.63) is 67.2 Å². The van der Waals surface area contributed by atoms with E-state index < -0.39 is 11.6 Å². The van der Waals surface area contributed by atoms with E-state index in [-0.39, 0.29) is 23.0 Å². The first-order valence-electron chi connectivity index (χ1n) is 10.1. The summed E-state index contributed by atoms with van der Waals surface area (Å²) in [5.41, 5.74) is 2.11. The van der Waals surface area contributed by atoms with Crippen LogP contribution in [0.5, 0.6) is 23.1 Å². The summed E-state index contributed by atoms with van der Waals surface area (Å²) in [5.74, 6) is 1.41. The number of aromatic nitrogens is 2. The third-order valence-electron chi connectivity index (χ3n) is 6.01. The van der Waals surface area contributed by atoms with Crippen molar-refractivity contribution in [1.82, 2.24) is 9.55 Å². The standard InChI is InChI=1S/C22H20ClN3O5S/c1-25-8-7-11-9-14-18(31-10-30-14)19(29-2)15(11)17(25)16-20(27)24-22(32)26(21(16)28)13-5-3-12(23)4-6-13/h3-6,9,17,28H,7-8,10H2,1-2H3,(H,24,27,32)/p+1/t17-/m1/s1. The number of aromatic amines is 1. The fourth-order valence-corrected chi connectivity index (χ4v) is 4.96. The Morgan fingerprint density at radius 3 is 2.75 bits per heavy atom. The summed E-state index contributed by atoms with van der Waals surface area (Å²) < 4.78 is 18.5.